The van der Waals surface area contributed by atoms with Crippen LogP contribution in [0.4, 0.5) is 0 Å². The zero-order valence-corrected chi connectivity index (χ0v) is 10.00. The van der Waals surface area contributed by atoms with Gasteiger partial charge in [0.05, 0.1) is 5.02 Å². The van der Waals surface area contributed by atoms with Crippen molar-refractivity contribution in [1.82, 2.24) is 5.16 Å². The lowest BCUT2D eigenvalue weighted by Gasteiger charge is -1.99. The van der Waals surface area contributed by atoms with Gasteiger partial charge in [0.15, 0.2) is 0 Å². The Kier molecular flexibility index (Phi) is 3.36. The zero-order valence-electron chi connectivity index (χ0n) is 8.48. The summed E-state index contributed by atoms with van der Waals surface area (Å²) in [6.07, 6.45) is -0.210. The number of carboxylic acid groups (broad SMARTS) is 1. The Bertz CT molecular complexity index is 566. The summed E-state index contributed by atoms with van der Waals surface area (Å²) >= 11 is 11.8. The van der Waals surface area contributed by atoms with Crippen molar-refractivity contribution < 1.29 is 14.4 Å². The largest absolute Gasteiger partial charge is 0.481 e. The Hall–Kier alpha value is -1.52. The van der Waals surface area contributed by atoms with Crippen LogP contribution in [0.1, 0.15) is 5.76 Å². The van der Waals surface area contributed by atoms with Crippen molar-refractivity contribution >= 4 is 29.2 Å². The molecule has 0 aliphatic heterocycles. The third-order valence-electron chi connectivity index (χ3n) is 2.09. The monoisotopic (exact) mass is 271 g/mol. The lowest BCUT2D eigenvalue weighted by molar-refractivity contribution is -0.136. The highest BCUT2D eigenvalue weighted by molar-refractivity contribution is 6.36. The molecule has 0 atom stereocenters. The van der Waals surface area contributed by atoms with Crippen molar-refractivity contribution in [3.05, 3.63) is 40.1 Å². The fraction of sp³-hybridized carbons (Fsp3) is 0.0909. The van der Waals surface area contributed by atoms with Crippen molar-refractivity contribution in [3.63, 3.8) is 0 Å². The van der Waals surface area contributed by atoms with Crippen LogP contribution >= 0.6 is 23.2 Å². The number of aliphatic carboxylic acids is 1. The van der Waals surface area contributed by atoms with Crippen LogP contribution in [0.5, 0.6) is 0 Å². The number of aromatic nitrogens is 1. The van der Waals surface area contributed by atoms with Gasteiger partial charge in [0.25, 0.3) is 0 Å². The maximum atomic E-state index is 10.5. The summed E-state index contributed by atoms with van der Waals surface area (Å²) in [7, 11) is 0. The predicted molar refractivity (Wildman–Crippen MR) is 63.3 cm³/mol. The molecule has 0 saturated heterocycles. The first kappa shape index (κ1) is 12.0. The van der Waals surface area contributed by atoms with E-state index in [1.165, 1.54) is 0 Å². The van der Waals surface area contributed by atoms with Gasteiger partial charge in [-0.3, -0.25) is 4.79 Å². The molecule has 0 aliphatic carbocycles. The Labute approximate surface area is 107 Å². The minimum atomic E-state index is -0.977. The van der Waals surface area contributed by atoms with E-state index in [1.807, 2.05) is 0 Å². The van der Waals surface area contributed by atoms with Gasteiger partial charge in [-0.15, -0.1) is 0 Å². The molecule has 1 aromatic carbocycles. The van der Waals surface area contributed by atoms with E-state index >= 15 is 0 Å². The molecule has 0 saturated carbocycles. The van der Waals surface area contributed by atoms with E-state index in [0.717, 1.165) is 0 Å². The van der Waals surface area contributed by atoms with Crippen LogP contribution in [0.15, 0.2) is 28.8 Å². The van der Waals surface area contributed by atoms with Gasteiger partial charge in [-0.25, -0.2) is 0 Å². The van der Waals surface area contributed by atoms with E-state index in [9.17, 15) is 4.79 Å². The van der Waals surface area contributed by atoms with E-state index in [-0.39, 0.29) is 12.2 Å². The highest BCUT2D eigenvalue weighted by Crippen LogP contribution is 2.29. The van der Waals surface area contributed by atoms with Crippen LogP contribution in [0, 0.1) is 0 Å². The molecule has 0 amide bonds. The molecular formula is C11H7Cl2NO3. The average molecular weight is 272 g/mol. The van der Waals surface area contributed by atoms with Gasteiger partial charge < -0.3 is 9.63 Å². The first-order valence-corrected chi connectivity index (χ1v) is 5.44. The third-order valence-corrected chi connectivity index (χ3v) is 2.64. The molecule has 2 rings (SSSR count). The maximum absolute atomic E-state index is 10.5. The Morgan fingerprint density at radius 3 is 2.76 bits per heavy atom. The molecule has 1 heterocycles. The normalized spacial score (nSPS) is 10.5. The van der Waals surface area contributed by atoms with E-state index in [4.69, 9.17) is 32.8 Å². The SMILES string of the molecule is O=C(O)Cc1cc(-c2ccc(Cl)cc2Cl)no1. The van der Waals surface area contributed by atoms with Crippen LogP contribution in [0.25, 0.3) is 11.3 Å². The van der Waals surface area contributed by atoms with Crippen LogP contribution in [0.3, 0.4) is 0 Å². The Balaban J connectivity index is 2.33. The number of nitrogens with zero attached hydrogens (tertiary/aromatic N) is 1. The molecule has 0 fully saturated rings. The topological polar surface area (TPSA) is 63.3 Å². The van der Waals surface area contributed by atoms with E-state index in [1.54, 1.807) is 24.3 Å². The maximum Gasteiger partial charge on any atom is 0.311 e. The number of hydrogen-bond donors (Lipinski definition) is 1. The fourth-order valence-electron chi connectivity index (χ4n) is 1.37. The second-order valence-corrected chi connectivity index (χ2v) is 4.22. The molecule has 4 nitrogen and oxygen atoms in total. The number of hydrogen-bond acceptors (Lipinski definition) is 3. The summed E-state index contributed by atoms with van der Waals surface area (Å²) in [5.41, 5.74) is 1.14. The highest BCUT2D eigenvalue weighted by atomic mass is 35.5. The second kappa shape index (κ2) is 4.77. The molecular weight excluding hydrogens is 265 g/mol. The molecule has 1 N–H and O–H groups in total. The fourth-order valence-corrected chi connectivity index (χ4v) is 1.87. The number of carboxylic acids is 1. The molecule has 0 spiro atoms. The lowest BCUT2D eigenvalue weighted by Crippen LogP contribution is -1.97. The average Bonchev–Trinajstić information content (AvgIpc) is 2.65. The van der Waals surface area contributed by atoms with Crippen LogP contribution in [-0.2, 0) is 11.2 Å². The van der Waals surface area contributed by atoms with Crippen molar-refractivity contribution in [1.29, 1.82) is 0 Å². The van der Waals surface area contributed by atoms with Crippen molar-refractivity contribution in [2.45, 2.75) is 6.42 Å². The van der Waals surface area contributed by atoms with Gasteiger partial charge >= 0.3 is 5.97 Å². The Morgan fingerprint density at radius 2 is 2.12 bits per heavy atom. The Morgan fingerprint density at radius 1 is 1.35 bits per heavy atom. The first-order valence-electron chi connectivity index (χ1n) is 4.69. The number of halogens is 2. The quantitative estimate of drug-likeness (QED) is 0.931. The standard InChI is InChI=1S/C11H7Cl2NO3/c12-6-1-2-8(9(13)3-6)10-4-7(17-14-10)5-11(15)16/h1-4H,5H2,(H,15,16). The molecule has 0 radical (unpaired) electrons. The van der Waals surface area contributed by atoms with Crippen LogP contribution in [0.2, 0.25) is 10.0 Å². The summed E-state index contributed by atoms with van der Waals surface area (Å²) in [6, 6.07) is 6.51. The first-order chi connectivity index (χ1) is 8.06. The van der Waals surface area contributed by atoms with Crippen molar-refractivity contribution in [2.24, 2.45) is 0 Å². The predicted octanol–water partition coefficient (Wildman–Crippen LogP) is 3.28. The third kappa shape index (κ3) is 2.78. The van der Waals surface area contributed by atoms with Crippen molar-refractivity contribution in [3.8, 4) is 11.3 Å². The minimum absolute atomic E-state index is 0.210. The molecule has 0 bridgehead atoms. The molecule has 0 aliphatic rings. The van der Waals surface area contributed by atoms with Gasteiger partial charge in [-0.1, -0.05) is 28.4 Å². The van der Waals surface area contributed by atoms with Gasteiger partial charge in [0.2, 0.25) is 0 Å². The van der Waals surface area contributed by atoms with Gasteiger partial charge in [-0.05, 0) is 18.2 Å². The van der Waals surface area contributed by atoms with Crippen LogP contribution in [-0.4, -0.2) is 16.2 Å². The van der Waals surface area contributed by atoms with Crippen LogP contribution < -0.4 is 0 Å². The van der Waals surface area contributed by atoms with E-state index in [0.29, 0.717) is 21.3 Å². The number of rotatable bonds is 3. The summed E-state index contributed by atoms with van der Waals surface area (Å²) in [5.74, 6) is -0.701. The summed E-state index contributed by atoms with van der Waals surface area (Å²) in [4.78, 5) is 10.5. The molecule has 0 unspecified atom stereocenters. The van der Waals surface area contributed by atoms with Gasteiger partial charge in [-0.2, -0.15) is 0 Å². The van der Waals surface area contributed by atoms with E-state index < -0.39 is 5.97 Å². The van der Waals surface area contributed by atoms with Gasteiger partial charge in [0, 0.05) is 16.7 Å². The van der Waals surface area contributed by atoms with Crippen molar-refractivity contribution in [2.75, 3.05) is 0 Å². The molecule has 1 aromatic heterocycles. The number of benzene rings is 1. The summed E-state index contributed by atoms with van der Waals surface area (Å²) in [6.45, 7) is 0. The number of carbonyl (C=O) groups is 1. The molecule has 6 heteroatoms. The smallest absolute Gasteiger partial charge is 0.311 e. The summed E-state index contributed by atoms with van der Waals surface area (Å²) < 4.78 is 4.89. The van der Waals surface area contributed by atoms with Gasteiger partial charge in [0.1, 0.15) is 17.9 Å². The lowest BCUT2D eigenvalue weighted by atomic mass is 10.1. The van der Waals surface area contributed by atoms with E-state index in [2.05, 4.69) is 5.16 Å². The zero-order chi connectivity index (χ0) is 12.4. The molecule has 17 heavy (non-hydrogen) atoms. The highest BCUT2D eigenvalue weighted by Gasteiger charge is 2.12. The second-order valence-electron chi connectivity index (χ2n) is 3.37. The summed E-state index contributed by atoms with van der Waals surface area (Å²) in [5, 5.41) is 13.3. The molecule has 2 aromatic rings. The minimum Gasteiger partial charge on any atom is -0.481 e. The molecule has 88 valence electrons.